The van der Waals surface area contributed by atoms with E-state index in [0.717, 1.165) is 25.7 Å². The van der Waals surface area contributed by atoms with Gasteiger partial charge in [-0.15, -0.1) is 0 Å². The third-order valence-electron chi connectivity index (χ3n) is 4.41. The lowest BCUT2D eigenvalue weighted by Gasteiger charge is -2.27. The number of ether oxygens (including phenoxy) is 1. The molecule has 0 spiro atoms. The maximum Gasteiger partial charge on any atom is 0.212 e. The maximum absolute atomic E-state index is 13.9. The fraction of sp³-hybridized carbons (Fsp3) is 0.444. The first-order valence-corrected chi connectivity index (χ1v) is 8.30. The maximum atomic E-state index is 13.9. The van der Waals surface area contributed by atoms with Gasteiger partial charge < -0.3 is 10.5 Å². The molecule has 0 radical (unpaired) electrons. The van der Waals surface area contributed by atoms with E-state index in [0.29, 0.717) is 23.7 Å². The van der Waals surface area contributed by atoms with E-state index < -0.39 is 5.82 Å². The van der Waals surface area contributed by atoms with Crippen LogP contribution in [0.1, 0.15) is 44.2 Å². The van der Waals surface area contributed by atoms with Gasteiger partial charge in [0.25, 0.3) is 0 Å². The summed E-state index contributed by atoms with van der Waals surface area (Å²) >= 11 is 0. The van der Waals surface area contributed by atoms with Crippen molar-refractivity contribution >= 4 is 0 Å². The smallest absolute Gasteiger partial charge is 0.212 e. The third kappa shape index (κ3) is 3.26. The van der Waals surface area contributed by atoms with Gasteiger partial charge in [0, 0.05) is 17.7 Å². The summed E-state index contributed by atoms with van der Waals surface area (Å²) < 4.78 is 21.5. The number of benzene rings is 1. The molecular weight excluding hydrogens is 307 g/mol. The highest BCUT2D eigenvalue weighted by Crippen LogP contribution is 2.33. The first-order valence-electron chi connectivity index (χ1n) is 8.30. The molecule has 1 aliphatic rings. The summed E-state index contributed by atoms with van der Waals surface area (Å²) in [4.78, 5) is 0. The average molecular weight is 328 g/mol. The standard InChI is InChI=1S/C18H21FN4O/c1-2-24-18-10-17(12-6-7-13(11-20)16(19)8-12)22-23(18)15-5-3-4-14(21)9-15/h6-8,10,14-15H,2-5,9,21H2,1H3. The third-order valence-corrected chi connectivity index (χ3v) is 4.41. The molecule has 1 saturated carbocycles. The Kier molecular flexibility index (Phi) is 4.81. The van der Waals surface area contributed by atoms with Crippen LogP contribution in [-0.2, 0) is 0 Å². The van der Waals surface area contributed by atoms with E-state index in [4.69, 9.17) is 15.7 Å². The molecule has 3 rings (SSSR count). The number of nitrogens with two attached hydrogens (primary N) is 1. The Labute approximate surface area is 140 Å². The topological polar surface area (TPSA) is 76.9 Å². The van der Waals surface area contributed by atoms with E-state index in [9.17, 15) is 4.39 Å². The molecule has 6 heteroatoms. The molecule has 2 N–H and O–H groups in total. The lowest BCUT2D eigenvalue weighted by atomic mass is 9.92. The highest BCUT2D eigenvalue weighted by atomic mass is 19.1. The number of rotatable bonds is 4. The largest absolute Gasteiger partial charge is 0.478 e. The highest BCUT2D eigenvalue weighted by Gasteiger charge is 2.25. The summed E-state index contributed by atoms with van der Waals surface area (Å²) in [5.74, 6) is 0.138. The highest BCUT2D eigenvalue weighted by molar-refractivity contribution is 5.61. The van der Waals surface area contributed by atoms with Crippen molar-refractivity contribution in [2.75, 3.05) is 6.61 Å². The Morgan fingerprint density at radius 2 is 2.25 bits per heavy atom. The minimum atomic E-state index is -0.540. The number of nitrogens with zero attached hydrogens (tertiary/aromatic N) is 3. The fourth-order valence-electron chi connectivity index (χ4n) is 3.22. The number of nitriles is 1. The Morgan fingerprint density at radius 1 is 1.42 bits per heavy atom. The van der Waals surface area contributed by atoms with Crippen molar-refractivity contribution in [2.24, 2.45) is 5.73 Å². The first kappa shape index (κ1) is 16.5. The van der Waals surface area contributed by atoms with Gasteiger partial charge in [-0.05, 0) is 44.7 Å². The molecule has 1 aliphatic carbocycles. The fourth-order valence-corrected chi connectivity index (χ4v) is 3.22. The second kappa shape index (κ2) is 7.02. The SMILES string of the molecule is CCOc1cc(-c2ccc(C#N)c(F)c2)nn1C1CCCC(N)C1. The molecule has 1 fully saturated rings. The van der Waals surface area contributed by atoms with Crippen molar-refractivity contribution in [3.8, 4) is 23.2 Å². The minimum Gasteiger partial charge on any atom is -0.478 e. The van der Waals surface area contributed by atoms with Crippen LogP contribution >= 0.6 is 0 Å². The van der Waals surface area contributed by atoms with E-state index in [1.807, 2.05) is 23.7 Å². The van der Waals surface area contributed by atoms with Gasteiger partial charge in [0.05, 0.1) is 23.9 Å². The summed E-state index contributed by atoms with van der Waals surface area (Å²) in [6.07, 6.45) is 3.98. The molecule has 1 aromatic heterocycles. The van der Waals surface area contributed by atoms with Gasteiger partial charge in [-0.3, -0.25) is 0 Å². The van der Waals surface area contributed by atoms with E-state index in [2.05, 4.69) is 5.10 Å². The first-order chi connectivity index (χ1) is 11.6. The van der Waals surface area contributed by atoms with Crippen LogP contribution in [0.4, 0.5) is 4.39 Å². The van der Waals surface area contributed by atoms with E-state index in [1.165, 1.54) is 12.1 Å². The predicted molar refractivity (Wildman–Crippen MR) is 89.0 cm³/mol. The molecule has 1 heterocycles. The zero-order valence-electron chi connectivity index (χ0n) is 13.7. The summed E-state index contributed by atoms with van der Waals surface area (Å²) in [5, 5.41) is 13.5. The van der Waals surface area contributed by atoms with E-state index >= 15 is 0 Å². The van der Waals surface area contributed by atoms with Crippen molar-refractivity contribution in [1.29, 1.82) is 5.26 Å². The summed E-state index contributed by atoms with van der Waals surface area (Å²) in [7, 11) is 0. The van der Waals surface area contributed by atoms with Crippen LogP contribution in [0, 0.1) is 17.1 Å². The summed E-state index contributed by atoms with van der Waals surface area (Å²) in [5.41, 5.74) is 7.39. The minimum absolute atomic E-state index is 0.0291. The molecule has 2 unspecified atom stereocenters. The number of aromatic nitrogens is 2. The molecule has 126 valence electrons. The Morgan fingerprint density at radius 3 is 2.92 bits per heavy atom. The van der Waals surface area contributed by atoms with Crippen molar-refractivity contribution in [3.05, 3.63) is 35.6 Å². The van der Waals surface area contributed by atoms with Crippen molar-refractivity contribution in [3.63, 3.8) is 0 Å². The van der Waals surface area contributed by atoms with Crippen molar-refractivity contribution in [2.45, 2.75) is 44.7 Å². The molecule has 0 amide bonds. The lowest BCUT2D eigenvalue weighted by molar-refractivity contribution is 0.245. The average Bonchev–Trinajstić information content (AvgIpc) is 2.99. The van der Waals surface area contributed by atoms with Gasteiger partial charge in [0.2, 0.25) is 5.88 Å². The lowest BCUT2D eigenvalue weighted by Crippen LogP contribution is -2.30. The van der Waals surface area contributed by atoms with Crippen LogP contribution in [0.25, 0.3) is 11.3 Å². The van der Waals surface area contributed by atoms with E-state index in [1.54, 1.807) is 6.07 Å². The molecule has 5 nitrogen and oxygen atoms in total. The molecule has 1 aromatic carbocycles. The normalized spacial score (nSPS) is 20.6. The van der Waals surface area contributed by atoms with Crippen LogP contribution < -0.4 is 10.5 Å². The van der Waals surface area contributed by atoms with Gasteiger partial charge in [0.15, 0.2) is 0 Å². The zero-order valence-corrected chi connectivity index (χ0v) is 13.7. The van der Waals surface area contributed by atoms with Gasteiger partial charge >= 0.3 is 0 Å². The van der Waals surface area contributed by atoms with E-state index in [-0.39, 0.29) is 17.6 Å². The quantitative estimate of drug-likeness (QED) is 0.933. The van der Waals surface area contributed by atoms with Gasteiger partial charge in [0.1, 0.15) is 11.9 Å². The Bertz CT molecular complexity index is 765. The van der Waals surface area contributed by atoms with Crippen LogP contribution in [0.15, 0.2) is 24.3 Å². The summed E-state index contributed by atoms with van der Waals surface area (Å²) in [6.45, 7) is 2.45. The Balaban J connectivity index is 1.96. The molecule has 2 atom stereocenters. The van der Waals surface area contributed by atoms with Crippen molar-refractivity contribution in [1.82, 2.24) is 9.78 Å². The monoisotopic (exact) mass is 328 g/mol. The zero-order chi connectivity index (χ0) is 17.1. The number of halogens is 1. The van der Waals surface area contributed by atoms with Gasteiger partial charge in [-0.25, -0.2) is 9.07 Å². The molecular formula is C18H21FN4O. The van der Waals surface area contributed by atoms with Crippen LogP contribution in [-0.4, -0.2) is 22.4 Å². The molecule has 0 saturated heterocycles. The molecule has 0 aliphatic heterocycles. The molecule has 0 bridgehead atoms. The predicted octanol–water partition coefficient (Wildman–Crippen LogP) is 3.40. The van der Waals surface area contributed by atoms with Crippen LogP contribution in [0.2, 0.25) is 0 Å². The van der Waals surface area contributed by atoms with Crippen LogP contribution in [0.3, 0.4) is 0 Å². The number of hydrogen-bond donors (Lipinski definition) is 1. The molecule has 24 heavy (non-hydrogen) atoms. The van der Waals surface area contributed by atoms with Gasteiger partial charge in [-0.1, -0.05) is 6.07 Å². The number of hydrogen-bond acceptors (Lipinski definition) is 4. The van der Waals surface area contributed by atoms with Crippen LogP contribution in [0.5, 0.6) is 5.88 Å². The van der Waals surface area contributed by atoms with Crippen molar-refractivity contribution < 1.29 is 9.13 Å². The summed E-state index contributed by atoms with van der Waals surface area (Å²) in [6, 6.07) is 8.55. The Hall–Kier alpha value is -2.39. The second-order valence-corrected chi connectivity index (χ2v) is 6.13. The molecule has 2 aromatic rings. The van der Waals surface area contributed by atoms with Gasteiger partial charge in [-0.2, -0.15) is 10.4 Å². The second-order valence-electron chi connectivity index (χ2n) is 6.13.